The van der Waals surface area contributed by atoms with Gasteiger partial charge >= 0.3 is 0 Å². The molecule has 0 aromatic heterocycles. The van der Waals surface area contributed by atoms with Crippen molar-refractivity contribution < 1.29 is 5.11 Å². The van der Waals surface area contributed by atoms with Gasteiger partial charge in [-0.1, -0.05) is 43.7 Å². The van der Waals surface area contributed by atoms with E-state index in [9.17, 15) is 5.11 Å². The molecular formula is C14H20OS. The summed E-state index contributed by atoms with van der Waals surface area (Å²) >= 11 is 1.85. The van der Waals surface area contributed by atoms with E-state index < -0.39 is 0 Å². The van der Waals surface area contributed by atoms with E-state index in [1.807, 2.05) is 30.8 Å². The maximum atomic E-state index is 9.90. The van der Waals surface area contributed by atoms with Crippen LogP contribution in [0.5, 0.6) is 5.75 Å². The SMILES string of the molecule is C/C=C/C(SC(C)C)c1cc(C)ccc1O. The van der Waals surface area contributed by atoms with Crippen LogP contribution in [0.3, 0.4) is 0 Å². The molecule has 0 spiro atoms. The van der Waals surface area contributed by atoms with Crippen molar-refractivity contribution in [3.63, 3.8) is 0 Å². The second-order valence-electron chi connectivity index (χ2n) is 4.19. The minimum atomic E-state index is 0.241. The van der Waals surface area contributed by atoms with Gasteiger partial charge in [-0.2, -0.15) is 0 Å². The highest BCUT2D eigenvalue weighted by atomic mass is 32.2. The lowest BCUT2D eigenvalue weighted by Crippen LogP contribution is -1.97. The van der Waals surface area contributed by atoms with E-state index in [1.165, 1.54) is 5.56 Å². The second kappa shape index (κ2) is 6.00. The van der Waals surface area contributed by atoms with Crippen molar-refractivity contribution in [1.29, 1.82) is 0 Å². The first kappa shape index (κ1) is 13.2. The van der Waals surface area contributed by atoms with Gasteiger partial charge in [0.25, 0.3) is 0 Å². The number of hydrogen-bond acceptors (Lipinski definition) is 2. The smallest absolute Gasteiger partial charge is 0.120 e. The van der Waals surface area contributed by atoms with E-state index >= 15 is 0 Å². The number of aromatic hydroxyl groups is 1. The molecule has 16 heavy (non-hydrogen) atoms. The molecule has 0 fully saturated rings. The van der Waals surface area contributed by atoms with Crippen LogP contribution in [-0.4, -0.2) is 10.4 Å². The molecule has 1 aromatic rings. The number of aryl methyl sites for hydroxylation is 1. The molecule has 0 aliphatic carbocycles. The first-order valence-electron chi connectivity index (χ1n) is 5.62. The Morgan fingerprint density at radius 2 is 2.00 bits per heavy atom. The zero-order valence-electron chi connectivity index (χ0n) is 10.4. The van der Waals surface area contributed by atoms with Crippen molar-refractivity contribution in [3.05, 3.63) is 41.5 Å². The molecule has 0 saturated heterocycles. The second-order valence-corrected chi connectivity index (χ2v) is 5.92. The highest BCUT2D eigenvalue weighted by molar-refractivity contribution is 8.00. The molecule has 1 nitrogen and oxygen atoms in total. The summed E-state index contributed by atoms with van der Waals surface area (Å²) in [5, 5.41) is 10.7. The van der Waals surface area contributed by atoms with Crippen LogP contribution >= 0.6 is 11.8 Å². The number of phenolic OH excluding ortho intramolecular Hbond substituents is 1. The fourth-order valence-electron chi connectivity index (χ4n) is 1.59. The molecule has 1 unspecified atom stereocenters. The predicted octanol–water partition coefficient (Wildman–Crippen LogP) is 4.46. The standard InChI is InChI=1S/C14H20OS/c1-5-6-14(16-10(2)3)12-9-11(4)7-8-13(12)15/h5-10,14-15H,1-4H3/b6-5+. The summed E-state index contributed by atoms with van der Waals surface area (Å²) in [6.07, 6.45) is 4.18. The normalized spacial score (nSPS) is 13.6. The lowest BCUT2D eigenvalue weighted by molar-refractivity contribution is 0.469. The molecule has 1 N–H and O–H groups in total. The Bertz CT molecular complexity index is 369. The van der Waals surface area contributed by atoms with Gasteiger partial charge in [0.2, 0.25) is 0 Å². The fourth-order valence-corrected chi connectivity index (χ4v) is 2.76. The minimum absolute atomic E-state index is 0.241. The monoisotopic (exact) mass is 236 g/mol. The van der Waals surface area contributed by atoms with E-state index in [-0.39, 0.29) is 5.25 Å². The Kier molecular flexibility index (Phi) is 4.94. The van der Waals surface area contributed by atoms with Gasteiger partial charge in [0.05, 0.1) is 5.25 Å². The average molecular weight is 236 g/mol. The van der Waals surface area contributed by atoms with Gasteiger partial charge in [-0.05, 0) is 25.2 Å². The van der Waals surface area contributed by atoms with Gasteiger partial charge in [-0.3, -0.25) is 0 Å². The number of phenols is 1. The van der Waals surface area contributed by atoms with Crippen molar-refractivity contribution in [2.45, 2.75) is 38.2 Å². The van der Waals surface area contributed by atoms with Crippen LogP contribution in [0.4, 0.5) is 0 Å². The quantitative estimate of drug-likeness (QED) is 0.779. The highest BCUT2D eigenvalue weighted by Gasteiger charge is 2.14. The van der Waals surface area contributed by atoms with Crippen LogP contribution in [0.2, 0.25) is 0 Å². The summed E-state index contributed by atoms with van der Waals surface area (Å²) in [7, 11) is 0. The summed E-state index contributed by atoms with van der Waals surface area (Å²) in [6.45, 7) is 8.42. The summed E-state index contributed by atoms with van der Waals surface area (Å²) < 4.78 is 0. The Balaban J connectivity index is 3.04. The van der Waals surface area contributed by atoms with Crippen LogP contribution in [0.15, 0.2) is 30.4 Å². The molecule has 0 aliphatic heterocycles. The van der Waals surface area contributed by atoms with Gasteiger partial charge in [0, 0.05) is 5.56 Å². The fraction of sp³-hybridized carbons (Fsp3) is 0.429. The maximum Gasteiger partial charge on any atom is 0.120 e. The van der Waals surface area contributed by atoms with Crippen molar-refractivity contribution in [1.82, 2.24) is 0 Å². The van der Waals surface area contributed by atoms with Crippen molar-refractivity contribution in [2.75, 3.05) is 0 Å². The zero-order valence-corrected chi connectivity index (χ0v) is 11.2. The number of allylic oxidation sites excluding steroid dienone is 1. The molecule has 0 heterocycles. The molecule has 1 rings (SSSR count). The Hall–Kier alpha value is -0.890. The number of hydrogen-bond donors (Lipinski definition) is 1. The lowest BCUT2D eigenvalue weighted by atomic mass is 10.1. The summed E-state index contributed by atoms with van der Waals surface area (Å²) in [4.78, 5) is 0. The van der Waals surface area contributed by atoms with E-state index in [0.717, 1.165) is 5.56 Å². The number of rotatable bonds is 4. The first-order chi connectivity index (χ1) is 7.54. The van der Waals surface area contributed by atoms with Crippen molar-refractivity contribution in [2.24, 2.45) is 0 Å². The lowest BCUT2D eigenvalue weighted by Gasteiger charge is -2.17. The van der Waals surface area contributed by atoms with Crippen LogP contribution in [0.1, 0.15) is 37.1 Å². The van der Waals surface area contributed by atoms with Crippen LogP contribution in [0, 0.1) is 6.92 Å². The Labute approximate surface area is 103 Å². The summed E-state index contributed by atoms with van der Waals surface area (Å²) in [5.74, 6) is 0.391. The van der Waals surface area contributed by atoms with E-state index in [0.29, 0.717) is 11.0 Å². The number of thioether (sulfide) groups is 1. The van der Waals surface area contributed by atoms with E-state index in [2.05, 4.69) is 32.9 Å². The molecule has 0 radical (unpaired) electrons. The molecule has 2 heteroatoms. The summed E-state index contributed by atoms with van der Waals surface area (Å²) in [5.41, 5.74) is 2.20. The molecule has 0 saturated carbocycles. The third-order valence-corrected chi connectivity index (χ3v) is 3.52. The zero-order chi connectivity index (χ0) is 12.1. The largest absolute Gasteiger partial charge is 0.508 e. The van der Waals surface area contributed by atoms with Crippen LogP contribution in [-0.2, 0) is 0 Å². The molecule has 0 amide bonds. The number of benzene rings is 1. The van der Waals surface area contributed by atoms with Crippen LogP contribution < -0.4 is 0 Å². The third-order valence-electron chi connectivity index (χ3n) is 2.28. The van der Waals surface area contributed by atoms with Gasteiger partial charge in [-0.25, -0.2) is 0 Å². The predicted molar refractivity (Wildman–Crippen MR) is 73.1 cm³/mol. The topological polar surface area (TPSA) is 20.2 Å². The van der Waals surface area contributed by atoms with Crippen LogP contribution in [0.25, 0.3) is 0 Å². The van der Waals surface area contributed by atoms with Gasteiger partial charge in [0.15, 0.2) is 0 Å². The average Bonchev–Trinajstić information content (AvgIpc) is 2.20. The van der Waals surface area contributed by atoms with Crippen molar-refractivity contribution in [3.8, 4) is 5.75 Å². The van der Waals surface area contributed by atoms with E-state index in [1.54, 1.807) is 6.07 Å². The highest BCUT2D eigenvalue weighted by Crippen LogP contribution is 2.38. The van der Waals surface area contributed by atoms with Gasteiger partial charge in [0.1, 0.15) is 5.75 Å². The molecule has 1 atom stereocenters. The molecule has 88 valence electrons. The Morgan fingerprint density at radius 3 is 2.56 bits per heavy atom. The molecule has 1 aromatic carbocycles. The van der Waals surface area contributed by atoms with Crippen molar-refractivity contribution >= 4 is 11.8 Å². The Morgan fingerprint density at radius 1 is 1.31 bits per heavy atom. The van der Waals surface area contributed by atoms with Gasteiger partial charge in [-0.15, -0.1) is 11.8 Å². The van der Waals surface area contributed by atoms with E-state index in [4.69, 9.17) is 0 Å². The summed E-state index contributed by atoms with van der Waals surface area (Å²) in [6, 6.07) is 5.78. The van der Waals surface area contributed by atoms with Gasteiger partial charge < -0.3 is 5.11 Å². The minimum Gasteiger partial charge on any atom is -0.508 e. The molecule has 0 aliphatic rings. The molecule has 0 bridgehead atoms. The third kappa shape index (κ3) is 3.60. The first-order valence-corrected chi connectivity index (χ1v) is 6.56. The maximum absolute atomic E-state index is 9.90. The molecular weight excluding hydrogens is 216 g/mol.